The van der Waals surface area contributed by atoms with Crippen molar-refractivity contribution in [3.05, 3.63) is 0 Å². The lowest BCUT2D eigenvalue weighted by atomic mass is 9.99. The van der Waals surface area contributed by atoms with Crippen LogP contribution >= 0.6 is 11.8 Å². The van der Waals surface area contributed by atoms with Crippen LogP contribution in [0.15, 0.2) is 0 Å². The van der Waals surface area contributed by atoms with Crippen LogP contribution in [0.4, 0.5) is 0 Å². The second-order valence-corrected chi connectivity index (χ2v) is 3.50. The summed E-state index contributed by atoms with van der Waals surface area (Å²) in [6.45, 7) is 4.20. The van der Waals surface area contributed by atoms with Crippen molar-refractivity contribution >= 4 is 16.9 Å². The Kier molecular flexibility index (Phi) is 1.61. The largest absolute Gasteiger partial charge is 0.287 e. The summed E-state index contributed by atoms with van der Waals surface area (Å²) in [5.74, 6) is 1.99. The number of rotatable bonds is 1. The molecule has 1 nitrogen and oxygen atoms in total. The first kappa shape index (κ1) is 6.14. The molecule has 0 radical (unpaired) electrons. The quantitative estimate of drug-likeness (QED) is 0.535. The molecule has 1 unspecified atom stereocenters. The van der Waals surface area contributed by atoms with E-state index < -0.39 is 0 Å². The van der Waals surface area contributed by atoms with Crippen molar-refractivity contribution in [2.45, 2.75) is 13.8 Å². The maximum atomic E-state index is 10.6. The third-order valence-corrected chi connectivity index (χ3v) is 2.63. The summed E-state index contributed by atoms with van der Waals surface area (Å²) in [5, 5.41) is 0.389. The van der Waals surface area contributed by atoms with Gasteiger partial charge in [0, 0.05) is 11.7 Å². The van der Waals surface area contributed by atoms with Gasteiger partial charge < -0.3 is 0 Å². The van der Waals surface area contributed by atoms with Crippen molar-refractivity contribution in [1.29, 1.82) is 0 Å². The zero-order valence-corrected chi connectivity index (χ0v) is 5.99. The molecule has 0 aromatic carbocycles. The highest BCUT2D eigenvalue weighted by atomic mass is 32.2. The highest BCUT2D eigenvalue weighted by Crippen LogP contribution is 2.32. The lowest BCUT2D eigenvalue weighted by Crippen LogP contribution is -2.29. The molecular weight excluding hydrogens is 120 g/mol. The van der Waals surface area contributed by atoms with Gasteiger partial charge in [0.05, 0.1) is 0 Å². The lowest BCUT2D eigenvalue weighted by molar-refractivity contribution is -0.116. The molecule has 8 heavy (non-hydrogen) atoms. The Morgan fingerprint density at radius 1 is 1.75 bits per heavy atom. The third kappa shape index (κ3) is 0.895. The molecule has 0 aromatic rings. The summed E-state index contributed by atoms with van der Waals surface area (Å²) >= 11 is 1.46. The predicted molar refractivity (Wildman–Crippen MR) is 35.8 cm³/mol. The Hall–Kier alpha value is 0.0200. The van der Waals surface area contributed by atoms with Gasteiger partial charge in [0.2, 0.25) is 0 Å². The van der Waals surface area contributed by atoms with Crippen LogP contribution in [0.2, 0.25) is 0 Å². The Labute approximate surface area is 53.8 Å². The highest BCUT2D eigenvalue weighted by Gasteiger charge is 2.31. The summed E-state index contributed by atoms with van der Waals surface area (Å²) < 4.78 is 0. The average Bonchev–Trinajstić information content (AvgIpc) is 1.61. The fraction of sp³-hybridized carbons (Fsp3) is 0.833. The molecule has 1 atom stereocenters. The van der Waals surface area contributed by atoms with Gasteiger partial charge in [-0.15, -0.1) is 0 Å². The molecule has 1 saturated heterocycles. The Balaban J connectivity index is 2.37. The molecule has 1 aliphatic heterocycles. The van der Waals surface area contributed by atoms with Crippen LogP contribution < -0.4 is 0 Å². The van der Waals surface area contributed by atoms with E-state index in [-0.39, 0.29) is 0 Å². The van der Waals surface area contributed by atoms with Crippen molar-refractivity contribution in [3.63, 3.8) is 0 Å². The molecule has 0 bridgehead atoms. The van der Waals surface area contributed by atoms with E-state index in [1.54, 1.807) is 0 Å². The van der Waals surface area contributed by atoms with E-state index in [0.717, 1.165) is 5.75 Å². The van der Waals surface area contributed by atoms with Crippen molar-refractivity contribution in [1.82, 2.24) is 0 Å². The van der Waals surface area contributed by atoms with Crippen LogP contribution in [0.3, 0.4) is 0 Å². The molecule has 46 valence electrons. The Bertz CT molecular complexity index is 109. The zero-order chi connectivity index (χ0) is 6.15. The van der Waals surface area contributed by atoms with Gasteiger partial charge in [0.15, 0.2) is 5.12 Å². The van der Waals surface area contributed by atoms with Crippen LogP contribution in [-0.4, -0.2) is 10.9 Å². The second kappa shape index (κ2) is 2.09. The molecular formula is C6H10OS. The standard InChI is InChI=1S/C6H10OS/c1-4(2)5-3-8-6(5)7/h4-5H,3H2,1-2H3. The summed E-state index contributed by atoms with van der Waals surface area (Å²) in [7, 11) is 0. The summed E-state index contributed by atoms with van der Waals surface area (Å²) in [4.78, 5) is 10.6. The van der Waals surface area contributed by atoms with E-state index in [0.29, 0.717) is 17.0 Å². The van der Waals surface area contributed by atoms with Gasteiger partial charge in [-0.05, 0) is 5.92 Å². The average molecular weight is 130 g/mol. The van der Waals surface area contributed by atoms with Gasteiger partial charge >= 0.3 is 0 Å². The summed E-state index contributed by atoms with van der Waals surface area (Å²) in [6, 6.07) is 0. The SMILES string of the molecule is CC(C)C1CSC1=O. The highest BCUT2D eigenvalue weighted by molar-refractivity contribution is 8.15. The maximum Gasteiger partial charge on any atom is 0.193 e. The van der Waals surface area contributed by atoms with Crippen LogP contribution in [0, 0.1) is 11.8 Å². The number of carbonyl (C=O) groups is 1. The zero-order valence-electron chi connectivity index (χ0n) is 5.18. The van der Waals surface area contributed by atoms with Crippen LogP contribution in [0.1, 0.15) is 13.8 Å². The number of hydrogen-bond donors (Lipinski definition) is 0. The smallest absolute Gasteiger partial charge is 0.193 e. The Morgan fingerprint density at radius 2 is 2.38 bits per heavy atom. The van der Waals surface area contributed by atoms with Crippen LogP contribution in [0.5, 0.6) is 0 Å². The van der Waals surface area contributed by atoms with Crippen molar-refractivity contribution in [2.75, 3.05) is 5.75 Å². The molecule has 0 spiro atoms. The van der Waals surface area contributed by atoms with E-state index in [2.05, 4.69) is 13.8 Å². The molecule has 0 N–H and O–H groups in total. The van der Waals surface area contributed by atoms with Crippen LogP contribution in [-0.2, 0) is 4.79 Å². The van der Waals surface area contributed by atoms with E-state index in [4.69, 9.17) is 0 Å². The van der Waals surface area contributed by atoms with Gasteiger partial charge in [-0.1, -0.05) is 25.6 Å². The number of carbonyl (C=O) groups excluding carboxylic acids is 1. The monoisotopic (exact) mass is 130 g/mol. The Morgan fingerprint density at radius 3 is 2.38 bits per heavy atom. The number of thioether (sulfide) groups is 1. The van der Waals surface area contributed by atoms with Gasteiger partial charge in [-0.2, -0.15) is 0 Å². The summed E-state index contributed by atoms with van der Waals surface area (Å²) in [6.07, 6.45) is 0. The fourth-order valence-electron chi connectivity index (χ4n) is 0.712. The molecule has 1 rings (SSSR count). The second-order valence-electron chi connectivity index (χ2n) is 2.48. The molecule has 0 amide bonds. The van der Waals surface area contributed by atoms with Gasteiger partial charge in [0.1, 0.15) is 0 Å². The molecule has 2 heteroatoms. The van der Waals surface area contributed by atoms with Gasteiger partial charge in [0.25, 0.3) is 0 Å². The van der Waals surface area contributed by atoms with E-state index in [1.165, 1.54) is 11.8 Å². The summed E-state index contributed by atoms with van der Waals surface area (Å²) in [5.41, 5.74) is 0. The minimum atomic E-state index is 0.375. The van der Waals surface area contributed by atoms with Crippen LogP contribution in [0.25, 0.3) is 0 Å². The normalized spacial score (nSPS) is 28.4. The maximum absolute atomic E-state index is 10.6. The van der Waals surface area contributed by atoms with Gasteiger partial charge in [-0.25, -0.2) is 0 Å². The van der Waals surface area contributed by atoms with Crippen molar-refractivity contribution in [2.24, 2.45) is 11.8 Å². The first-order valence-corrected chi connectivity index (χ1v) is 3.87. The molecule has 1 heterocycles. The molecule has 0 aromatic heterocycles. The molecule has 1 fully saturated rings. The predicted octanol–water partition coefficient (Wildman–Crippen LogP) is 1.53. The molecule has 0 aliphatic carbocycles. The third-order valence-electron chi connectivity index (χ3n) is 1.51. The number of hydrogen-bond acceptors (Lipinski definition) is 2. The fourth-order valence-corrected chi connectivity index (χ4v) is 1.86. The molecule has 0 saturated carbocycles. The first-order chi connectivity index (χ1) is 3.72. The van der Waals surface area contributed by atoms with E-state index in [9.17, 15) is 4.79 Å². The minimum absolute atomic E-state index is 0.375. The van der Waals surface area contributed by atoms with Crippen molar-refractivity contribution < 1.29 is 4.79 Å². The van der Waals surface area contributed by atoms with Gasteiger partial charge in [-0.3, -0.25) is 4.79 Å². The first-order valence-electron chi connectivity index (χ1n) is 2.88. The lowest BCUT2D eigenvalue weighted by Gasteiger charge is -2.25. The topological polar surface area (TPSA) is 17.1 Å². The molecule has 1 aliphatic rings. The van der Waals surface area contributed by atoms with E-state index >= 15 is 0 Å². The minimum Gasteiger partial charge on any atom is -0.287 e. The van der Waals surface area contributed by atoms with Crippen molar-refractivity contribution in [3.8, 4) is 0 Å². The van der Waals surface area contributed by atoms with E-state index in [1.807, 2.05) is 0 Å².